The van der Waals surface area contributed by atoms with Crippen LogP contribution >= 0.6 is 77.2 Å². The minimum Gasteiger partial charge on any atom is -0.478 e. The molecular formula is C75H92Cl2F2N22O16S4. The quantitative estimate of drug-likeness (QED) is 0.0204. The number of carbonyl (C=O) groups is 4. The molecule has 0 unspecified atom stereocenters. The number of aromatic carboxylic acids is 2. The third-order valence-corrected chi connectivity index (χ3v) is 18.9. The summed E-state index contributed by atoms with van der Waals surface area (Å²) in [6.45, 7) is 13.0. The third kappa shape index (κ3) is 29.7. The zero-order valence-corrected chi connectivity index (χ0v) is 71.8. The van der Waals surface area contributed by atoms with E-state index < -0.39 is 49.4 Å². The van der Waals surface area contributed by atoms with Crippen LogP contribution in [0.4, 0.5) is 32.1 Å². The Bertz CT molecular complexity index is 5030. The highest BCUT2D eigenvalue weighted by atomic mass is 35.5. The fourth-order valence-corrected chi connectivity index (χ4v) is 11.8. The van der Waals surface area contributed by atoms with Crippen LogP contribution in [0.15, 0.2) is 133 Å². The number of halogens is 4. The van der Waals surface area contributed by atoms with E-state index in [4.69, 9.17) is 63.8 Å². The number of carboxylic acid groups (broad SMARTS) is 2. The number of aryl methyl sites for hydroxylation is 2. The average Bonchev–Trinajstić information content (AvgIpc) is 1.70. The van der Waals surface area contributed by atoms with Gasteiger partial charge in [0.2, 0.25) is 28.8 Å². The van der Waals surface area contributed by atoms with Gasteiger partial charge in [0.05, 0.1) is 67.5 Å². The lowest BCUT2D eigenvalue weighted by atomic mass is 10.00. The van der Waals surface area contributed by atoms with Gasteiger partial charge in [0.15, 0.2) is 0 Å². The zero-order chi connectivity index (χ0) is 84.6. The molecular weight excluding hydrogens is 1700 g/mol. The van der Waals surface area contributed by atoms with E-state index in [1.54, 1.807) is 53.8 Å². The summed E-state index contributed by atoms with van der Waals surface area (Å²) >= 11 is 11.1. The van der Waals surface area contributed by atoms with Crippen LogP contribution in [0.25, 0.3) is 45.3 Å². The van der Waals surface area contributed by atoms with Crippen molar-refractivity contribution >= 4 is 123 Å². The van der Waals surface area contributed by atoms with Gasteiger partial charge < -0.3 is 75.9 Å². The third-order valence-electron chi connectivity index (χ3n) is 18.0. The molecule has 16 rings (SSSR count). The second kappa shape index (κ2) is 48.5. The highest BCUT2D eigenvalue weighted by Crippen LogP contribution is 2.38. The monoisotopic (exact) mass is 1790 g/mol. The molecule has 0 amide bonds. The molecule has 4 aliphatic heterocycles. The highest BCUT2D eigenvalue weighted by molar-refractivity contribution is 7.59. The fourth-order valence-electron chi connectivity index (χ4n) is 11.6. The molecule has 38 nitrogen and oxygen atoms in total. The number of pyridine rings is 4. The van der Waals surface area contributed by atoms with Crippen LogP contribution in [0.1, 0.15) is 149 Å². The average molecular weight is 1790 g/mol. The number of hydrogen-bond acceptors (Lipinski definition) is 29. The Labute approximate surface area is 729 Å². The van der Waals surface area contributed by atoms with Crippen LogP contribution in [-0.4, -0.2) is 206 Å². The van der Waals surface area contributed by atoms with Crippen LogP contribution in [0.2, 0.25) is 0 Å². The van der Waals surface area contributed by atoms with Gasteiger partial charge in [-0.25, -0.2) is 32.7 Å². The van der Waals surface area contributed by atoms with Gasteiger partial charge in [0, 0.05) is 101 Å². The Morgan fingerprint density at radius 2 is 0.983 bits per heavy atom. The second-order valence-corrected chi connectivity index (χ2v) is 28.2. The molecule has 2 aliphatic carbocycles. The van der Waals surface area contributed by atoms with Crippen molar-refractivity contribution in [3.63, 3.8) is 0 Å². The molecule has 0 spiro atoms. The largest absolute Gasteiger partial charge is 0.478 e. The van der Waals surface area contributed by atoms with Gasteiger partial charge in [-0.05, 0) is 248 Å². The maximum atomic E-state index is 13.6. The molecule has 2 aromatic carbocycles. The summed E-state index contributed by atoms with van der Waals surface area (Å²) in [5.41, 5.74) is 17.4. The number of rotatable bonds is 18. The number of nitrogens with two attached hydrogens (primary N) is 2. The van der Waals surface area contributed by atoms with Crippen LogP contribution < -0.4 is 11.5 Å². The van der Waals surface area contributed by atoms with E-state index in [1.165, 1.54) is 60.7 Å². The number of tetrazole rings is 2. The number of nitro groups is 3. The number of Topliss-reactive ketones (excluding diaryl/α,β-unsaturated/α-hetero) is 1. The van der Waals surface area contributed by atoms with E-state index in [0.717, 1.165) is 110 Å². The standard InChI is InChI=1S/C14H12ClFN2O.C14H13FN2O2.C11H12N2O4.C10H10N6O3.C10H12N6O.C6H12ClN.C6H4N2O4.C4H9NO.4H2S/c1-8-4-13(16)12(14(15)19)5-11(8)9-6-17-18(7-9)10-2-3-10;1-8-4-13(15)12(14(18)19)5-11(8)9-6-16-17(7-9)10-2-3-10;14-10(6-8-4-5-17-7-8)9-2-1-3-11(12-9)13(15)16;17-16(18)9-3-1-2-8(11-9)10-12-13-14-15(10)7-4-5-19-6-7;11-9-3-1-2-8(12-9)10-13-14-15-16(10)7-4-5-17-6-7;1-5(2)6(7)8(3)4;9-6(10)4-2-1-3-5(7-4)8(11)12;5-4-1-2-6-3-4;;;;/h4-7,10H,2-3H2,1H3;4-7,10H,2-3H2,1H3,(H,18,19);1-3,8H,4-7H2;1-3,7H,4-6H2;1-3,7H,4-6H2,(H2,11,12);1-4H3;1-3H,(H,9,10);4H,1-3,5H2;4*1H2/t;;8-;2*7-;;;4-;;;;/m..100..0..../s1. The van der Waals surface area contributed by atoms with Gasteiger partial charge in [-0.3, -0.25) is 19.0 Å². The molecule has 4 atom stereocenters. The molecule has 8 aromatic heterocycles. The molecule has 650 valence electrons. The van der Waals surface area contributed by atoms with E-state index in [0.29, 0.717) is 97.6 Å². The number of hydrogen-bond donors (Lipinski definition) is 4. The van der Waals surface area contributed by atoms with Crippen molar-refractivity contribution in [1.82, 2.24) is 84.8 Å². The molecule has 6 aliphatic rings. The van der Waals surface area contributed by atoms with Gasteiger partial charge in [-0.1, -0.05) is 17.7 Å². The summed E-state index contributed by atoms with van der Waals surface area (Å²) in [5, 5.41) is 80.5. The van der Waals surface area contributed by atoms with Crippen molar-refractivity contribution < 1.29 is 71.9 Å². The Morgan fingerprint density at radius 3 is 1.37 bits per heavy atom. The number of nitrogens with zero attached hydrogens (tertiary/aromatic N) is 20. The molecule has 12 heterocycles. The first-order valence-corrected chi connectivity index (χ1v) is 37.3. The van der Waals surface area contributed by atoms with Crippen molar-refractivity contribution in [1.29, 1.82) is 0 Å². The molecule has 0 radical (unpaired) electrons. The number of carboxylic acids is 2. The maximum absolute atomic E-state index is 13.6. The zero-order valence-electron chi connectivity index (χ0n) is 66.3. The normalized spacial score (nSPS) is 16.2. The summed E-state index contributed by atoms with van der Waals surface area (Å²) in [5.74, 6) is -3.26. The van der Waals surface area contributed by atoms with E-state index in [9.17, 15) is 58.3 Å². The molecule has 0 bridgehead atoms. The number of carbonyl (C=O) groups excluding carboxylic acids is 2. The summed E-state index contributed by atoms with van der Waals surface area (Å²) < 4.78 is 55.1. The van der Waals surface area contributed by atoms with Crippen molar-refractivity contribution in [2.24, 2.45) is 11.7 Å². The van der Waals surface area contributed by atoms with Gasteiger partial charge in [-0.15, -0.1) is 10.2 Å². The molecule has 6 fully saturated rings. The lowest BCUT2D eigenvalue weighted by Gasteiger charge is -2.11. The molecule has 10 aromatic rings. The predicted octanol–water partition coefficient (Wildman–Crippen LogP) is 12.1. The van der Waals surface area contributed by atoms with E-state index >= 15 is 0 Å². The fraction of sp³-hybridized carbons (Fsp3) is 0.387. The number of allylic oxidation sites excluding steroid dienone is 1. The van der Waals surface area contributed by atoms with Gasteiger partial charge >= 0.3 is 29.4 Å². The Kier molecular flexibility index (Phi) is 40.3. The number of ether oxygens (including phenoxy) is 4. The van der Waals surface area contributed by atoms with Crippen molar-refractivity contribution in [3.8, 4) is 45.3 Å². The Balaban J connectivity index is 0.000000250. The molecule has 2 saturated carbocycles. The summed E-state index contributed by atoms with van der Waals surface area (Å²) in [6.07, 6.45) is 15.8. The molecule has 121 heavy (non-hydrogen) atoms. The van der Waals surface area contributed by atoms with E-state index in [-0.39, 0.29) is 112 Å². The second-order valence-electron chi connectivity index (χ2n) is 27.5. The van der Waals surface area contributed by atoms with E-state index in [1.807, 2.05) is 66.7 Å². The van der Waals surface area contributed by atoms with Crippen molar-refractivity contribution in [3.05, 3.63) is 208 Å². The van der Waals surface area contributed by atoms with Crippen molar-refractivity contribution in [2.45, 2.75) is 116 Å². The van der Waals surface area contributed by atoms with Crippen LogP contribution in [0, 0.1) is 61.7 Å². The minimum atomic E-state index is -1.28. The summed E-state index contributed by atoms with van der Waals surface area (Å²) in [6, 6.07) is 24.8. The molecule has 6 N–H and O–H groups in total. The number of benzene rings is 2. The van der Waals surface area contributed by atoms with Gasteiger partial charge in [0.1, 0.15) is 28.3 Å². The van der Waals surface area contributed by atoms with Crippen molar-refractivity contribution in [2.75, 3.05) is 72.7 Å². The first kappa shape index (κ1) is 101. The number of anilines is 1. The van der Waals surface area contributed by atoms with E-state index in [2.05, 4.69) is 61.2 Å². The molecule has 46 heteroatoms. The lowest BCUT2D eigenvalue weighted by Crippen LogP contribution is -2.18. The first-order valence-electron chi connectivity index (χ1n) is 36.5. The van der Waals surface area contributed by atoms with Crippen LogP contribution in [0.3, 0.4) is 0 Å². The van der Waals surface area contributed by atoms with Gasteiger partial charge in [0.25, 0.3) is 10.9 Å². The number of nitrogen functional groups attached to an aromatic ring is 1. The molecule has 4 saturated heterocycles. The van der Waals surface area contributed by atoms with Gasteiger partial charge in [-0.2, -0.15) is 64.2 Å². The topological polar surface area (TPSA) is 505 Å². The smallest absolute Gasteiger partial charge is 0.380 e. The lowest BCUT2D eigenvalue weighted by molar-refractivity contribution is -0.389. The Hall–Kier alpha value is -10.9. The Morgan fingerprint density at radius 1 is 0.554 bits per heavy atom. The number of aromatic nitrogens is 16. The van der Waals surface area contributed by atoms with Crippen LogP contribution in [0.5, 0.6) is 0 Å². The highest BCUT2D eigenvalue weighted by Gasteiger charge is 2.30. The first-order chi connectivity index (χ1) is 55.9. The predicted molar refractivity (Wildman–Crippen MR) is 460 cm³/mol. The summed E-state index contributed by atoms with van der Waals surface area (Å²) in [4.78, 5) is 90.8. The summed E-state index contributed by atoms with van der Waals surface area (Å²) in [7, 11) is 3.85. The maximum Gasteiger partial charge on any atom is 0.380 e. The number of ketones is 1. The minimum absolute atomic E-state index is 0. The SMILES string of the molecule is CC(C)=C(Cl)N(C)C.Cc1cc(F)c(C(=O)Cl)cc1-c1cnn(C2CC2)c1.Cc1cc(F)c(C(=O)O)cc1-c1cnn(C2CC2)c1.N[C@H]1CCOC1.Nc1cccc(-c2nnnn2[C@H]2CCOC2)n1.O=C(C[C@H]1CCOC1)c1cccc([N+](=O)[O-])n1.O=C(O)c1cccc([N+](=O)[O-])n1.O=[N+]([O-])c1cccc(-c2nnnn2[C@H]2CCOC2)n1.S.S.S.S. The van der Waals surface area contributed by atoms with Crippen LogP contribution in [-0.2, 0) is 18.9 Å².